The number of aromatic nitrogens is 3. The van der Waals surface area contributed by atoms with Crippen LogP contribution in [0.2, 0.25) is 0 Å². The molecule has 0 atom stereocenters. The number of ether oxygens (including phenoxy) is 1. The molecule has 0 aromatic carbocycles. The number of carbonyl (C=O) groups excluding carboxylic acids is 1. The van der Waals surface area contributed by atoms with Gasteiger partial charge in [-0.05, 0) is 30.9 Å². The molecule has 144 valence electrons. The lowest BCUT2D eigenvalue weighted by Gasteiger charge is -2.24. The van der Waals surface area contributed by atoms with Gasteiger partial charge in [0, 0.05) is 18.0 Å². The van der Waals surface area contributed by atoms with E-state index in [4.69, 9.17) is 4.74 Å². The maximum absolute atomic E-state index is 12.5. The van der Waals surface area contributed by atoms with Crippen molar-refractivity contribution in [3.05, 3.63) is 42.0 Å². The monoisotopic (exact) mass is 380 g/mol. The van der Waals surface area contributed by atoms with E-state index in [9.17, 15) is 18.0 Å². The lowest BCUT2D eigenvalue weighted by atomic mass is 9.84. The van der Waals surface area contributed by atoms with Crippen LogP contribution in [0.3, 0.4) is 0 Å². The van der Waals surface area contributed by atoms with Gasteiger partial charge in [-0.1, -0.05) is 19.3 Å². The Balaban J connectivity index is 1.83. The van der Waals surface area contributed by atoms with Gasteiger partial charge in [0.2, 0.25) is 5.88 Å². The Labute approximate surface area is 154 Å². The molecule has 2 heterocycles. The van der Waals surface area contributed by atoms with E-state index < -0.39 is 18.7 Å². The first-order valence-electron chi connectivity index (χ1n) is 8.69. The van der Waals surface area contributed by atoms with E-state index >= 15 is 0 Å². The molecule has 3 rings (SSSR count). The topological polar surface area (TPSA) is 77.0 Å². The van der Waals surface area contributed by atoms with Crippen LogP contribution in [0.15, 0.2) is 30.9 Å². The van der Waals surface area contributed by atoms with Crippen LogP contribution in [-0.2, 0) is 0 Å². The third kappa shape index (κ3) is 5.38. The average molecular weight is 380 g/mol. The van der Waals surface area contributed by atoms with Crippen molar-refractivity contribution in [3.8, 4) is 5.88 Å². The maximum Gasteiger partial charge on any atom is 0.422 e. The Bertz CT molecular complexity index is 778. The van der Waals surface area contributed by atoms with Crippen LogP contribution < -0.4 is 10.1 Å². The van der Waals surface area contributed by atoms with Crippen LogP contribution in [0.1, 0.15) is 53.9 Å². The molecule has 1 N–H and O–H groups in total. The summed E-state index contributed by atoms with van der Waals surface area (Å²) in [5, 5.41) is 2.61. The normalized spacial score (nSPS) is 15.4. The van der Waals surface area contributed by atoms with Crippen molar-refractivity contribution in [1.29, 1.82) is 0 Å². The van der Waals surface area contributed by atoms with E-state index in [2.05, 4.69) is 20.3 Å². The van der Waals surface area contributed by atoms with E-state index in [0.29, 0.717) is 11.4 Å². The zero-order valence-electron chi connectivity index (χ0n) is 14.5. The van der Waals surface area contributed by atoms with Gasteiger partial charge in [0.15, 0.2) is 6.61 Å². The fourth-order valence-electron chi connectivity index (χ4n) is 3.12. The Morgan fingerprint density at radius 2 is 2.00 bits per heavy atom. The number of nitrogens with zero attached hydrogens (tertiary/aromatic N) is 3. The summed E-state index contributed by atoms with van der Waals surface area (Å²) in [7, 11) is 0. The first kappa shape index (κ1) is 19.1. The van der Waals surface area contributed by atoms with Gasteiger partial charge in [-0.2, -0.15) is 13.2 Å². The number of carbonyl (C=O) groups is 1. The number of rotatable bonds is 5. The van der Waals surface area contributed by atoms with Gasteiger partial charge >= 0.3 is 6.18 Å². The highest BCUT2D eigenvalue weighted by molar-refractivity contribution is 6.03. The van der Waals surface area contributed by atoms with Crippen LogP contribution in [0, 0.1) is 0 Å². The summed E-state index contributed by atoms with van der Waals surface area (Å²) in [6.45, 7) is -1.41. The molecule has 1 aliphatic carbocycles. The van der Waals surface area contributed by atoms with Gasteiger partial charge in [-0.25, -0.2) is 15.0 Å². The number of alkyl halides is 3. The smallest absolute Gasteiger partial charge is 0.422 e. The molecule has 1 amide bonds. The summed E-state index contributed by atoms with van der Waals surface area (Å²) in [4.78, 5) is 24.1. The van der Waals surface area contributed by atoms with Crippen LogP contribution in [-0.4, -0.2) is 33.6 Å². The molecule has 6 nitrogen and oxygen atoms in total. The molecule has 1 fully saturated rings. The summed E-state index contributed by atoms with van der Waals surface area (Å²) < 4.78 is 42.5. The van der Waals surface area contributed by atoms with E-state index in [1.807, 2.05) is 0 Å². The van der Waals surface area contributed by atoms with E-state index in [1.54, 1.807) is 6.07 Å². The molecule has 0 saturated heterocycles. The average Bonchev–Trinajstić information content (AvgIpc) is 2.67. The molecular weight excluding hydrogens is 361 g/mol. The SMILES string of the molecule is O=C(Nc1ccncn1)c1cnc(OCC(F)(F)F)c(C2CCCCC2)c1. The third-order valence-electron chi connectivity index (χ3n) is 4.38. The van der Waals surface area contributed by atoms with Gasteiger partial charge in [-0.15, -0.1) is 0 Å². The van der Waals surface area contributed by atoms with Gasteiger partial charge < -0.3 is 10.1 Å². The zero-order chi connectivity index (χ0) is 19.3. The number of amides is 1. The summed E-state index contributed by atoms with van der Waals surface area (Å²) in [5.41, 5.74) is 0.794. The highest BCUT2D eigenvalue weighted by Gasteiger charge is 2.30. The molecule has 0 radical (unpaired) electrons. The molecule has 0 bridgehead atoms. The first-order chi connectivity index (χ1) is 12.9. The molecule has 27 heavy (non-hydrogen) atoms. The van der Waals surface area contributed by atoms with Crippen LogP contribution in [0.4, 0.5) is 19.0 Å². The summed E-state index contributed by atoms with van der Waals surface area (Å²) >= 11 is 0. The standard InChI is InChI=1S/C18H19F3N4O2/c19-18(20,21)10-27-17-14(12-4-2-1-3-5-12)8-13(9-23-17)16(26)25-15-6-7-22-11-24-15/h6-9,11-12H,1-5,10H2,(H,22,24,25,26). The van der Waals surface area contributed by atoms with Crippen molar-refractivity contribution in [2.45, 2.75) is 44.2 Å². The van der Waals surface area contributed by atoms with Crippen molar-refractivity contribution in [2.24, 2.45) is 0 Å². The first-order valence-corrected chi connectivity index (χ1v) is 8.69. The van der Waals surface area contributed by atoms with E-state index in [-0.39, 0.29) is 17.4 Å². The molecule has 1 saturated carbocycles. The molecule has 0 spiro atoms. The highest BCUT2D eigenvalue weighted by Crippen LogP contribution is 2.37. The predicted octanol–water partition coefficient (Wildman–Crippen LogP) is 4.11. The third-order valence-corrected chi connectivity index (χ3v) is 4.38. The fraction of sp³-hybridized carbons (Fsp3) is 0.444. The van der Waals surface area contributed by atoms with E-state index in [0.717, 1.165) is 32.1 Å². The summed E-state index contributed by atoms with van der Waals surface area (Å²) in [5.74, 6) is -0.147. The van der Waals surface area contributed by atoms with Gasteiger partial charge in [0.1, 0.15) is 12.1 Å². The van der Waals surface area contributed by atoms with Gasteiger partial charge in [0.25, 0.3) is 5.91 Å². The highest BCUT2D eigenvalue weighted by atomic mass is 19.4. The lowest BCUT2D eigenvalue weighted by molar-refractivity contribution is -0.154. The molecular formula is C18H19F3N4O2. The summed E-state index contributed by atoms with van der Waals surface area (Å²) in [6.07, 6.45) is 4.29. The maximum atomic E-state index is 12.5. The van der Waals surface area contributed by atoms with Crippen molar-refractivity contribution in [3.63, 3.8) is 0 Å². The number of hydrogen-bond donors (Lipinski definition) is 1. The number of hydrogen-bond acceptors (Lipinski definition) is 5. The Morgan fingerprint density at radius 1 is 1.22 bits per heavy atom. The van der Waals surface area contributed by atoms with Crippen LogP contribution in [0.5, 0.6) is 5.88 Å². The minimum atomic E-state index is -4.45. The van der Waals surface area contributed by atoms with Crippen LogP contribution >= 0.6 is 0 Å². The Morgan fingerprint density at radius 3 is 2.67 bits per heavy atom. The predicted molar refractivity (Wildman–Crippen MR) is 91.6 cm³/mol. The Kier molecular flexibility index (Phi) is 5.88. The zero-order valence-corrected chi connectivity index (χ0v) is 14.5. The van der Waals surface area contributed by atoms with Crippen molar-refractivity contribution in [2.75, 3.05) is 11.9 Å². The van der Waals surface area contributed by atoms with E-state index in [1.165, 1.54) is 24.8 Å². The molecule has 2 aromatic heterocycles. The second kappa shape index (κ2) is 8.32. The second-order valence-electron chi connectivity index (χ2n) is 6.41. The molecule has 9 heteroatoms. The number of anilines is 1. The quantitative estimate of drug-likeness (QED) is 0.845. The van der Waals surface area contributed by atoms with Crippen molar-refractivity contribution < 1.29 is 22.7 Å². The minimum Gasteiger partial charge on any atom is -0.468 e. The largest absolute Gasteiger partial charge is 0.468 e. The fourth-order valence-corrected chi connectivity index (χ4v) is 3.12. The lowest BCUT2D eigenvalue weighted by Crippen LogP contribution is -2.21. The van der Waals surface area contributed by atoms with Crippen molar-refractivity contribution >= 4 is 11.7 Å². The summed E-state index contributed by atoms with van der Waals surface area (Å²) in [6, 6.07) is 3.11. The number of nitrogens with one attached hydrogen (secondary N) is 1. The van der Waals surface area contributed by atoms with Gasteiger partial charge in [0.05, 0.1) is 5.56 Å². The van der Waals surface area contributed by atoms with Gasteiger partial charge in [-0.3, -0.25) is 4.79 Å². The minimum absolute atomic E-state index is 0.0290. The second-order valence-corrected chi connectivity index (χ2v) is 6.41. The molecule has 1 aliphatic rings. The molecule has 0 aliphatic heterocycles. The van der Waals surface area contributed by atoms with Crippen LogP contribution in [0.25, 0.3) is 0 Å². The molecule has 2 aromatic rings. The number of halogens is 3. The number of pyridine rings is 1. The Hall–Kier alpha value is -2.71. The molecule has 0 unspecified atom stereocenters. The van der Waals surface area contributed by atoms with Crippen molar-refractivity contribution in [1.82, 2.24) is 15.0 Å².